The molecule has 0 bridgehead atoms. The van der Waals surface area contributed by atoms with Crippen molar-refractivity contribution < 1.29 is 4.79 Å². The minimum atomic E-state index is -0.0558. The molecule has 0 radical (unpaired) electrons. The Morgan fingerprint density at radius 3 is 2.62 bits per heavy atom. The van der Waals surface area contributed by atoms with E-state index >= 15 is 0 Å². The summed E-state index contributed by atoms with van der Waals surface area (Å²) >= 11 is 1.66. The third-order valence-corrected chi connectivity index (χ3v) is 4.58. The molecule has 108 valence electrons. The molecule has 21 heavy (non-hydrogen) atoms. The smallest absolute Gasteiger partial charge is 0.241 e. The van der Waals surface area contributed by atoms with Crippen molar-refractivity contribution in [3.63, 3.8) is 0 Å². The Balaban J connectivity index is 1.74. The molecule has 0 saturated carbocycles. The van der Waals surface area contributed by atoms with E-state index in [1.165, 1.54) is 0 Å². The van der Waals surface area contributed by atoms with Crippen LogP contribution in [0.15, 0.2) is 64.4 Å². The summed E-state index contributed by atoms with van der Waals surface area (Å²) in [5, 5.41) is 6.28. The molecular formula is C17H18N2OS. The maximum Gasteiger partial charge on any atom is 0.241 e. The minimum Gasteiger partial charge on any atom is -0.324 e. The van der Waals surface area contributed by atoms with Crippen molar-refractivity contribution in [1.29, 1.82) is 0 Å². The normalized spacial score (nSPS) is 17.6. The molecule has 1 saturated heterocycles. The molecule has 2 N–H and O–H groups in total. The Bertz CT molecular complexity index is 609. The van der Waals surface area contributed by atoms with Crippen LogP contribution in [0.1, 0.15) is 12.8 Å². The second-order valence-electron chi connectivity index (χ2n) is 5.05. The summed E-state index contributed by atoms with van der Waals surface area (Å²) < 4.78 is 0. The molecule has 1 aliphatic heterocycles. The first kappa shape index (κ1) is 14.2. The second kappa shape index (κ2) is 6.78. The number of para-hydroxylation sites is 1. The summed E-state index contributed by atoms with van der Waals surface area (Å²) in [5.74, 6) is 0.0635. The number of hydrogen-bond acceptors (Lipinski definition) is 3. The molecule has 1 aliphatic rings. The molecule has 0 unspecified atom stereocenters. The van der Waals surface area contributed by atoms with Crippen molar-refractivity contribution in [3.8, 4) is 0 Å². The molecule has 1 heterocycles. The van der Waals surface area contributed by atoms with Crippen molar-refractivity contribution in [2.45, 2.75) is 28.7 Å². The van der Waals surface area contributed by atoms with Crippen molar-refractivity contribution in [2.75, 3.05) is 11.9 Å². The first-order valence-electron chi connectivity index (χ1n) is 7.19. The highest BCUT2D eigenvalue weighted by Crippen LogP contribution is 2.33. The maximum atomic E-state index is 12.2. The lowest BCUT2D eigenvalue weighted by atomic mass is 10.2. The fraction of sp³-hybridized carbons (Fsp3) is 0.235. The fourth-order valence-electron chi connectivity index (χ4n) is 2.40. The van der Waals surface area contributed by atoms with Gasteiger partial charge in [0.05, 0.1) is 11.7 Å². The van der Waals surface area contributed by atoms with Gasteiger partial charge in [0.25, 0.3) is 0 Å². The van der Waals surface area contributed by atoms with Crippen LogP contribution in [-0.2, 0) is 4.79 Å². The van der Waals surface area contributed by atoms with E-state index in [1.807, 2.05) is 42.5 Å². The van der Waals surface area contributed by atoms with Gasteiger partial charge in [0.15, 0.2) is 0 Å². The first-order valence-corrected chi connectivity index (χ1v) is 8.01. The highest BCUT2D eigenvalue weighted by atomic mass is 32.2. The van der Waals surface area contributed by atoms with Gasteiger partial charge in [-0.3, -0.25) is 4.79 Å². The Morgan fingerprint density at radius 1 is 1.10 bits per heavy atom. The van der Waals surface area contributed by atoms with E-state index < -0.39 is 0 Å². The van der Waals surface area contributed by atoms with Gasteiger partial charge in [-0.15, -0.1) is 0 Å². The van der Waals surface area contributed by atoms with Crippen LogP contribution in [-0.4, -0.2) is 18.5 Å². The number of rotatable bonds is 4. The molecule has 3 rings (SSSR count). The summed E-state index contributed by atoms with van der Waals surface area (Å²) in [5.41, 5.74) is 0.880. The highest BCUT2D eigenvalue weighted by molar-refractivity contribution is 7.99. The number of carbonyl (C=O) groups excluding carboxylic acids is 1. The predicted molar refractivity (Wildman–Crippen MR) is 86.7 cm³/mol. The van der Waals surface area contributed by atoms with Crippen LogP contribution in [0.3, 0.4) is 0 Å². The standard InChI is InChI=1S/C17H18N2OS/c20-17(15-10-6-12-18-15)19-14-9-4-5-11-16(14)21-13-7-2-1-3-8-13/h1-5,7-9,11,15,18H,6,10,12H2,(H,19,20)/t15-/m1/s1. The molecule has 4 heteroatoms. The summed E-state index contributed by atoms with van der Waals surface area (Å²) in [4.78, 5) is 14.5. The van der Waals surface area contributed by atoms with Crippen LogP contribution in [0.5, 0.6) is 0 Å². The van der Waals surface area contributed by atoms with Crippen molar-refractivity contribution in [1.82, 2.24) is 5.32 Å². The van der Waals surface area contributed by atoms with Gasteiger partial charge in [-0.2, -0.15) is 0 Å². The number of hydrogen-bond donors (Lipinski definition) is 2. The van der Waals surface area contributed by atoms with Crippen molar-refractivity contribution in [3.05, 3.63) is 54.6 Å². The van der Waals surface area contributed by atoms with Crippen LogP contribution >= 0.6 is 11.8 Å². The molecule has 1 fully saturated rings. The third kappa shape index (κ3) is 3.65. The average molecular weight is 298 g/mol. The molecule has 0 spiro atoms. The molecule has 2 aromatic carbocycles. The number of nitrogens with one attached hydrogen (secondary N) is 2. The number of carbonyl (C=O) groups is 1. The predicted octanol–water partition coefficient (Wildman–Crippen LogP) is 3.53. The van der Waals surface area contributed by atoms with E-state index in [0.29, 0.717) is 0 Å². The maximum absolute atomic E-state index is 12.2. The Morgan fingerprint density at radius 2 is 1.86 bits per heavy atom. The molecular weight excluding hydrogens is 280 g/mol. The zero-order chi connectivity index (χ0) is 14.5. The van der Waals surface area contributed by atoms with E-state index in [9.17, 15) is 4.79 Å². The molecule has 1 atom stereocenters. The highest BCUT2D eigenvalue weighted by Gasteiger charge is 2.22. The number of amides is 1. The third-order valence-electron chi connectivity index (χ3n) is 3.49. The summed E-state index contributed by atoms with van der Waals surface area (Å²) in [6, 6.07) is 18.1. The zero-order valence-corrected chi connectivity index (χ0v) is 12.5. The SMILES string of the molecule is O=C(Nc1ccccc1Sc1ccccc1)[C@H]1CCCN1. The average Bonchev–Trinajstić information content (AvgIpc) is 3.05. The molecule has 0 aliphatic carbocycles. The summed E-state index contributed by atoms with van der Waals surface area (Å²) in [6.07, 6.45) is 1.98. The van der Waals surface area contributed by atoms with E-state index in [-0.39, 0.29) is 11.9 Å². The zero-order valence-electron chi connectivity index (χ0n) is 11.7. The number of anilines is 1. The van der Waals surface area contributed by atoms with Gasteiger partial charge >= 0.3 is 0 Å². The Hall–Kier alpha value is -1.78. The van der Waals surface area contributed by atoms with Gasteiger partial charge in [-0.1, -0.05) is 42.1 Å². The summed E-state index contributed by atoms with van der Waals surface area (Å²) in [7, 11) is 0. The van der Waals surface area contributed by atoms with Gasteiger partial charge in [0.1, 0.15) is 0 Å². The molecule has 2 aromatic rings. The molecule has 1 amide bonds. The van der Waals surface area contributed by atoms with E-state index in [2.05, 4.69) is 22.8 Å². The van der Waals surface area contributed by atoms with Gasteiger partial charge in [0.2, 0.25) is 5.91 Å². The monoisotopic (exact) mass is 298 g/mol. The van der Waals surface area contributed by atoms with E-state index in [4.69, 9.17) is 0 Å². The quantitative estimate of drug-likeness (QED) is 0.907. The van der Waals surface area contributed by atoms with Crippen LogP contribution in [0.4, 0.5) is 5.69 Å². The lowest BCUT2D eigenvalue weighted by molar-refractivity contribution is -0.117. The number of benzene rings is 2. The molecule has 0 aromatic heterocycles. The Labute approximate surface area is 129 Å². The van der Waals surface area contributed by atoms with Crippen LogP contribution in [0.2, 0.25) is 0 Å². The van der Waals surface area contributed by atoms with Gasteiger partial charge in [-0.05, 0) is 43.7 Å². The van der Waals surface area contributed by atoms with Gasteiger partial charge in [-0.25, -0.2) is 0 Å². The topological polar surface area (TPSA) is 41.1 Å². The van der Waals surface area contributed by atoms with Crippen LogP contribution in [0, 0.1) is 0 Å². The van der Waals surface area contributed by atoms with E-state index in [0.717, 1.165) is 34.9 Å². The van der Waals surface area contributed by atoms with Crippen molar-refractivity contribution >= 4 is 23.4 Å². The largest absolute Gasteiger partial charge is 0.324 e. The lowest BCUT2D eigenvalue weighted by Crippen LogP contribution is -2.35. The summed E-state index contributed by atoms with van der Waals surface area (Å²) in [6.45, 7) is 0.929. The first-order chi connectivity index (χ1) is 10.3. The second-order valence-corrected chi connectivity index (χ2v) is 6.16. The van der Waals surface area contributed by atoms with Crippen LogP contribution < -0.4 is 10.6 Å². The minimum absolute atomic E-state index is 0.0558. The van der Waals surface area contributed by atoms with E-state index in [1.54, 1.807) is 11.8 Å². The molecule has 3 nitrogen and oxygen atoms in total. The fourth-order valence-corrected chi connectivity index (χ4v) is 3.33. The Kier molecular flexibility index (Phi) is 4.58. The van der Waals surface area contributed by atoms with Gasteiger partial charge < -0.3 is 10.6 Å². The van der Waals surface area contributed by atoms with Crippen molar-refractivity contribution in [2.24, 2.45) is 0 Å². The lowest BCUT2D eigenvalue weighted by Gasteiger charge is -2.14. The van der Waals surface area contributed by atoms with Crippen LogP contribution in [0.25, 0.3) is 0 Å². The van der Waals surface area contributed by atoms with Gasteiger partial charge in [0, 0.05) is 9.79 Å².